The Hall–Kier alpha value is -3.07. The Morgan fingerprint density at radius 3 is 2.32 bits per heavy atom. The Bertz CT molecular complexity index is 981. The van der Waals surface area contributed by atoms with Gasteiger partial charge in [-0.25, -0.2) is 4.79 Å². The van der Waals surface area contributed by atoms with Crippen molar-refractivity contribution in [2.24, 2.45) is 4.99 Å². The molecule has 166 valence electrons. The number of anilines is 1. The van der Waals surface area contributed by atoms with Gasteiger partial charge in [0.25, 0.3) is 0 Å². The van der Waals surface area contributed by atoms with E-state index in [9.17, 15) is 23.1 Å². The molecule has 1 heterocycles. The second-order valence-electron chi connectivity index (χ2n) is 8.42. The fourth-order valence-corrected chi connectivity index (χ4v) is 3.24. The number of benzene rings is 2. The van der Waals surface area contributed by atoms with Gasteiger partial charge in [-0.2, -0.15) is 18.2 Å². The van der Waals surface area contributed by atoms with Crippen LogP contribution in [-0.4, -0.2) is 38.8 Å². The predicted molar refractivity (Wildman–Crippen MR) is 112 cm³/mol. The van der Waals surface area contributed by atoms with Gasteiger partial charge < -0.3 is 10.4 Å². The third-order valence-corrected chi connectivity index (χ3v) is 4.83. The number of aliphatic hydroxyl groups is 1. The molecule has 2 amide bonds. The van der Waals surface area contributed by atoms with E-state index in [1.165, 1.54) is 21.9 Å². The summed E-state index contributed by atoms with van der Waals surface area (Å²) in [5, 5.41) is 13.8. The zero-order valence-corrected chi connectivity index (χ0v) is 17.7. The van der Waals surface area contributed by atoms with Crippen molar-refractivity contribution in [3.05, 3.63) is 65.2 Å². The number of carbonyl (C=O) groups excluding carboxylic acids is 1. The number of aliphatic hydroxyl groups excluding tert-OH is 1. The highest BCUT2D eigenvalue weighted by atomic mass is 19.4. The fraction of sp³-hybridized carbons (Fsp3) is 0.364. The average molecular weight is 434 g/mol. The highest BCUT2D eigenvalue weighted by Gasteiger charge is 2.41. The molecule has 1 unspecified atom stereocenters. The zero-order valence-electron chi connectivity index (χ0n) is 17.7. The molecule has 0 saturated carbocycles. The van der Waals surface area contributed by atoms with E-state index in [4.69, 9.17) is 0 Å². The van der Waals surface area contributed by atoms with Gasteiger partial charge in [0.15, 0.2) is 0 Å². The molecule has 0 spiro atoms. The van der Waals surface area contributed by atoms with Crippen LogP contribution in [0.5, 0.6) is 0 Å². The van der Waals surface area contributed by atoms with Crippen molar-refractivity contribution in [2.75, 3.05) is 5.32 Å². The molecule has 2 aromatic carbocycles. The number of nitrogens with one attached hydrogen (secondary N) is 1. The minimum atomic E-state index is -4.51. The summed E-state index contributed by atoms with van der Waals surface area (Å²) in [4.78, 5) is 19.4. The van der Waals surface area contributed by atoms with Gasteiger partial charge in [-0.15, -0.1) is 0 Å². The summed E-state index contributed by atoms with van der Waals surface area (Å²) in [5.74, 6) is -0.0297. The summed E-state index contributed by atoms with van der Waals surface area (Å²) in [6.07, 6.45) is -5.87. The number of urea groups is 1. The van der Waals surface area contributed by atoms with Crippen molar-refractivity contribution in [3.63, 3.8) is 0 Å². The lowest BCUT2D eigenvalue weighted by Crippen LogP contribution is -2.63. The third kappa shape index (κ3) is 5.16. The fourth-order valence-electron chi connectivity index (χ4n) is 3.24. The highest BCUT2D eigenvalue weighted by Crippen LogP contribution is 2.31. The number of aryl methyl sites for hydroxylation is 1. The summed E-state index contributed by atoms with van der Waals surface area (Å²) in [6, 6.07) is 11.5. The number of amides is 2. The monoisotopic (exact) mass is 434 g/mol. The molecule has 9 heteroatoms. The number of aliphatic imine (C=N–C) groups is 1. The predicted octanol–water partition coefficient (Wildman–Crippen LogP) is 4.79. The van der Waals surface area contributed by atoms with E-state index in [0.29, 0.717) is 0 Å². The highest BCUT2D eigenvalue weighted by molar-refractivity contribution is 6.02. The minimum absolute atomic E-state index is 0.0297. The Morgan fingerprint density at radius 2 is 1.74 bits per heavy atom. The van der Waals surface area contributed by atoms with Crippen molar-refractivity contribution in [1.29, 1.82) is 0 Å². The van der Waals surface area contributed by atoms with Gasteiger partial charge in [-0.1, -0.05) is 35.9 Å². The summed E-state index contributed by atoms with van der Waals surface area (Å²) in [6.45, 7) is 7.42. The number of hydrogen-bond acceptors (Lipinski definition) is 4. The van der Waals surface area contributed by atoms with Crippen LogP contribution >= 0.6 is 0 Å². The average Bonchev–Trinajstić information content (AvgIpc) is 2.64. The van der Waals surface area contributed by atoms with Crippen LogP contribution in [0.1, 0.15) is 37.5 Å². The molecule has 0 fully saturated rings. The number of carbonyl (C=O) groups is 1. The summed E-state index contributed by atoms with van der Waals surface area (Å²) >= 11 is 0. The molecule has 0 radical (unpaired) electrons. The van der Waals surface area contributed by atoms with E-state index in [-0.39, 0.29) is 18.2 Å². The van der Waals surface area contributed by atoms with Crippen molar-refractivity contribution < 1.29 is 23.1 Å². The van der Waals surface area contributed by atoms with Crippen LogP contribution in [0.25, 0.3) is 0 Å². The van der Waals surface area contributed by atoms with E-state index in [1.807, 2.05) is 31.2 Å². The Morgan fingerprint density at radius 1 is 1.10 bits per heavy atom. The maximum Gasteiger partial charge on any atom is 0.416 e. The molecule has 0 aliphatic carbocycles. The Kier molecular flexibility index (Phi) is 6.00. The maximum atomic E-state index is 13.1. The van der Waals surface area contributed by atoms with Gasteiger partial charge in [0.1, 0.15) is 0 Å². The third-order valence-electron chi connectivity index (χ3n) is 4.83. The summed E-state index contributed by atoms with van der Waals surface area (Å²) in [5.41, 5.74) is 0.443. The first-order valence-electron chi connectivity index (χ1n) is 9.73. The first-order chi connectivity index (χ1) is 14.4. The van der Waals surface area contributed by atoms with Gasteiger partial charge in [0.2, 0.25) is 12.3 Å². The number of guanidine groups is 1. The maximum absolute atomic E-state index is 13.1. The lowest BCUT2D eigenvalue weighted by molar-refractivity contribution is -0.137. The molecule has 0 aromatic heterocycles. The van der Waals surface area contributed by atoms with Gasteiger partial charge >= 0.3 is 12.2 Å². The van der Waals surface area contributed by atoms with E-state index >= 15 is 0 Å². The van der Waals surface area contributed by atoms with Crippen LogP contribution in [-0.2, 0) is 12.7 Å². The molecule has 2 N–H and O–H groups in total. The van der Waals surface area contributed by atoms with Gasteiger partial charge in [-0.05, 0) is 51.5 Å². The molecular formula is C22H25F3N4O2. The SMILES string of the molecule is Cc1ccc(CN2C(Nc3cccc(C(F)(F)F)c3)=NC(=O)N(C(C)(C)C)C2O)cc1. The van der Waals surface area contributed by atoms with Crippen LogP contribution in [0, 0.1) is 6.92 Å². The number of alkyl halides is 3. The summed E-state index contributed by atoms with van der Waals surface area (Å²) < 4.78 is 39.2. The Balaban J connectivity index is 1.98. The normalized spacial score (nSPS) is 17.6. The molecule has 2 aromatic rings. The van der Waals surface area contributed by atoms with E-state index in [0.717, 1.165) is 23.3 Å². The molecule has 1 aliphatic heterocycles. The topological polar surface area (TPSA) is 68.2 Å². The van der Waals surface area contributed by atoms with E-state index in [2.05, 4.69) is 10.3 Å². The van der Waals surface area contributed by atoms with Crippen LogP contribution in [0.2, 0.25) is 0 Å². The Labute approximate surface area is 179 Å². The zero-order chi connectivity index (χ0) is 23.0. The lowest BCUT2D eigenvalue weighted by atomic mass is 10.1. The first-order valence-corrected chi connectivity index (χ1v) is 9.73. The van der Waals surface area contributed by atoms with Gasteiger partial charge in [0.05, 0.1) is 12.1 Å². The molecule has 31 heavy (non-hydrogen) atoms. The summed E-state index contributed by atoms with van der Waals surface area (Å²) in [7, 11) is 0. The largest absolute Gasteiger partial charge is 0.416 e. The number of nitrogens with zero attached hydrogens (tertiary/aromatic N) is 3. The number of rotatable bonds is 3. The number of hydrogen-bond donors (Lipinski definition) is 2. The standard InChI is InChI=1S/C22H25F3N4O2/c1-14-8-10-15(11-9-14)13-28-18(27-19(30)29(20(28)31)21(2,3)4)26-17-7-5-6-16(12-17)22(23,24)25/h5-12,20,31H,13H2,1-4H3,(H,26,27,30). The first kappa shape index (κ1) is 22.6. The lowest BCUT2D eigenvalue weighted by Gasteiger charge is -2.46. The second-order valence-corrected chi connectivity index (χ2v) is 8.42. The van der Waals surface area contributed by atoms with Crippen molar-refractivity contribution in [3.8, 4) is 0 Å². The molecule has 1 atom stereocenters. The van der Waals surface area contributed by atoms with Crippen molar-refractivity contribution >= 4 is 17.7 Å². The quantitative estimate of drug-likeness (QED) is 0.729. The van der Waals surface area contributed by atoms with Crippen molar-refractivity contribution in [1.82, 2.24) is 9.80 Å². The van der Waals surface area contributed by atoms with Crippen LogP contribution in [0.15, 0.2) is 53.5 Å². The molecule has 6 nitrogen and oxygen atoms in total. The molecular weight excluding hydrogens is 409 g/mol. The number of halogens is 3. The van der Waals surface area contributed by atoms with Gasteiger partial charge in [-0.3, -0.25) is 9.80 Å². The van der Waals surface area contributed by atoms with Crippen LogP contribution in [0.4, 0.5) is 23.7 Å². The molecule has 0 bridgehead atoms. The van der Waals surface area contributed by atoms with Gasteiger partial charge in [0, 0.05) is 11.2 Å². The van der Waals surface area contributed by atoms with E-state index in [1.54, 1.807) is 20.8 Å². The van der Waals surface area contributed by atoms with Crippen LogP contribution < -0.4 is 5.32 Å². The molecule has 0 saturated heterocycles. The van der Waals surface area contributed by atoms with Crippen molar-refractivity contribution in [2.45, 2.75) is 52.3 Å². The minimum Gasteiger partial charge on any atom is -0.356 e. The second kappa shape index (κ2) is 8.22. The molecule has 1 aliphatic rings. The smallest absolute Gasteiger partial charge is 0.356 e. The van der Waals surface area contributed by atoms with E-state index < -0.39 is 29.7 Å². The molecule has 3 rings (SSSR count). The van der Waals surface area contributed by atoms with Crippen LogP contribution in [0.3, 0.4) is 0 Å².